The predicted molar refractivity (Wildman–Crippen MR) is 101 cm³/mol. The molecule has 0 bridgehead atoms. The normalized spacial score (nSPS) is 19.1. The molecule has 6 heteroatoms. The van der Waals surface area contributed by atoms with E-state index in [4.69, 9.17) is 11.6 Å². The average molecular weight is 375 g/mol. The van der Waals surface area contributed by atoms with Gasteiger partial charge in [0.15, 0.2) is 5.78 Å². The van der Waals surface area contributed by atoms with Crippen LogP contribution in [0.15, 0.2) is 18.2 Å². The summed E-state index contributed by atoms with van der Waals surface area (Å²) in [5.41, 5.74) is 4.28. The van der Waals surface area contributed by atoms with Crippen LogP contribution in [0.4, 0.5) is 0 Å². The van der Waals surface area contributed by atoms with Crippen LogP contribution in [0.3, 0.4) is 0 Å². The summed E-state index contributed by atoms with van der Waals surface area (Å²) >= 11 is 6.11. The number of nitrogens with one attached hydrogen (secondary N) is 2. The number of hydrogen-bond acceptors (Lipinski definition) is 3. The molecular formula is C20H23ClN2O3. The van der Waals surface area contributed by atoms with Crippen molar-refractivity contribution in [1.29, 1.82) is 0 Å². The van der Waals surface area contributed by atoms with Crippen LogP contribution in [0.25, 0.3) is 0 Å². The molecule has 0 saturated heterocycles. The molecule has 5 nitrogen and oxygen atoms in total. The Balaban J connectivity index is 1.95. The van der Waals surface area contributed by atoms with Gasteiger partial charge in [-0.05, 0) is 61.9 Å². The van der Waals surface area contributed by atoms with E-state index < -0.39 is 12.1 Å². The number of amides is 1. The summed E-state index contributed by atoms with van der Waals surface area (Å²) in [5.74, 6) is -0.390. The fourth-order valence-corrected chi connectivity index (χ4v) is 4.03. The van der Waals surface area contributed by atoms with Crippen LogP contribution < -0.4 is 5.32 Å². The monoisotopic (exact) mass is 374 g/mol. The summed E-state index contributed by atoms with van der Waals surface area (Å²) in [6.45, 7) is 5.20. The molecule has 1 aromatic heterocycles. The molecular weight excluding hydrogens is 352 g/mol. The van der Waals surface area contributed by atoms with Crippen molar-refractivity contribution in [3.05, 3.63) is 56.9 Å². The second kappa shape index (κ2) is 7.25. The van der Waals surface area contributed by atoms with Crippen molar-refractivity contribution < 1.29 is 14.7 Å². The molecule has 1 heterocycles. The number of aliphatic hydroxyl groups is 1. The van der Waals surface area contributed by atoms with Crippen LogP contribution in [-0.2, 0) is 12.8 Å². The number of aromatic nitrogens is 1. The number of rotatable bonds is 4. The quantitative estimate of drug-likeness (QED) is 0.716. The first-order chi connectivity index (χ1) is 12.3. The molecule has 26 heavy (non-hydrogen) atoms. The first-order valence-corrected chi connectivity index (χ1v) is 9.20. The zero-order valence-electron chi connectivity index (χ0n) is 15.1. The van der Waals surface area contributed by atoms with Gasteiger partial charge in [0, 0.05) is 16.3 Å². The van der Waals surface area contributed by atoms with Gasteiger partial charge in [-0.3, -0.25) is 9.59 Å². The number of aryl methyl sites for hydroxylation is 2. The third kappa shape index (κ3) is 3.29. The lowest BCUT2D eigenvalue weighted by atomic mass is 9.85. The molecule has 1 amide bonds. The topological polar surface area (TPSA) is 82.2 Å². The molecule has 3 rings (SSSR count). The summed E-state index contributed by atoms with van der Waals surface area (Å²) in [5, 5.41) is 14.0. The van der Waals surface area contributed by atoms with Crippen LogP contribution in [0.5, 0.6) is 0 Å². The van der Waals surface area contributed by atoms with E-state index in [2.05, 4.69) is 10.3 Å². The molecule has 2 atom stereocenters. The van der Waals surface area contributed by atoms with E-state index in [-0.39, 0.29) is 11.7 Å². The molecule has 2 aromatic rings. The zero-order valence-corrected chi connectivity index (χ0v) is 15.9. The number of aliphatic hydroxyl groups excluding tert-OH is 1. The Hall–Kier alpha value is -2.11. The van der Waals surface area contributed by atoms with Crippen molar-refractivity contribution in [3.63, 3.8) is 0 Å². The standard InChI is InChI=1S/C20H23ClN2O3/c1-4-14-17(11(3)24)10(2)22-19(14)20(26)23-18-15-9-13(21)7-5-12(15)6-8-16(18)25/h5,7,9,16,18,22,25H,4,6,8H2,1-3H3,(H,23,26)/t16-,18+/m0/s1. The number of carbonyl (C=O) groups excluding carboxylic acids is 2. The molecule has 0 unspecified atom stereocenters. The van der Waals surface area contributed by atoms with Gasteiger partial charge in [0.25, 0.3) is 5.91 Å². The number of H-pyrrole nitrogens is 1. The Morgan fingerprint density at radius 1 is 1.38 bits per heavy atom. The molecule has 0 radical (unpaired) electrons. The van der Waals surface area contributed by atoms with E-state index in [9.17, 15) is 14.7 Å². The van der Waals surface area contributed by atoms with E-state index in [0.717, 1.165) is 17.5 Å². The highest BCUT2D eigenvalue weighted by atomic mass is 35.5. The number of aromatic amines is 1. The minimum atomic E-state index is -0.682. The maximum absolute atomic E-state index is 12.9. The molecule has 0 aliphatic heterocycles. The van der Waals surface area contributed by atoms with Crippen molar-refractivity contribution >= 4 is 23.3 Å². The van der Waals surface area contributed by atoms with E-state index in [1.165, 1.54) is 6.92 Å². The molecule has 3 N–H and O–H groups in total. The Kier molecular flexibility index (Phi) is 5.21. The van der Waals surface area contributed by atoms with Crippen molar-refractivity contribution in [2.24, 2.45) is 0 Å². The van der Waals surface area contributed by atoms with Gasteiger partial charge in [-0.25, -0.2) is 0 Å². The molecule has 1 aliphatic carbocycles. The first-order valence-electron chi connectivity index (χ1n) is 8.83. The van der Waals surface area contributed by atoms with Gasteiger partial charge in [0.1, 0.15) is 5.69 Å². The number of halogens is 1. The van der Waals surface area contributed by atoms with Gasteiger partial charge in [-0.2, -0.15) is 0 Å². The Labute approximate surface area is 157 Å². The molecule has 1 aromatic carbocycles. The third-order valence-electron chi connectivity index (χ3n) is 5.05. The fraction of sp³-hybridized carbons (Fsp3) is 0.400. The van der Waals surface area contributed by atoms with Crippen molar-refractivity contribution in [2.45, 2.75) is 52.2 Å². The third-order valence-corrected chi connectivity index (χ3v) is 5.28. The zero-order chi connectivity index (χ0) is 19.0. The summed E-state index contributed by atoms with van der Waals surface area (Å²) in [4.78, 5) is 27.9. The van der Waals surface area contributed by atoms with Crippen LogP contribution in [0.2, 0.25) is 5.02 Å². The minimum absolute atomic E-state index is 0.0653. The fourth-order valence-electron chi connectivity index (χ4n) is 3.85. The maximum atomic E-state index is 12.9. The highest BCUT2D eigenvalue weighted by Gasteiger charge is 2.31. The minimum Gasteiger partial charge on any atom is -0.391 e. The Bertz CT molecular complexity index is 872. The van der Waals surface area contributed by atoms with E-state index >= 15 is 0 Å². The van der Waals surface area contributed by atoms with Crippen molar-refractivity contribution in [3.8, 4) is 0 Å². The highest BCUT2D eigenvalue weighted by Crippen LogP contribution is 2.32. The lowest BCUT2D eigenvalue weighted by molar-refractivity contribution is 0.0787. The second-order valence-electron chi connectivity index (χ2n) is 6.79. The summed E-state index contributed by atoms with van der Waals surface area (Å²) in [7, 11) is 0. The lowest BCUT2D eigenvalue weighted by Crippen LogP contribution is -2.39. The van der Waals surface area contributed by atoms with Gasteiger partial charge >= 0.3 is 0 Å². The Morgan fingerprint density at radius 3 is 2.77 bits per heavy atom. The summed E-state index contributed by atoms with van der Waals surface area (Å²) in [6, 6.07) is 5.03. The van der Waals surface area contributed by atoms with Gasteiger partial charge in [0.2, 0.25) is 0 Å². The number of fused-ring (bicyclic) bond motifs is 1. The van der Waals surface area contributed by atoms with Crippen LogP contribution >= 0.6 is 11.6 Å². The van der Waals surface area contributed by atoms with Crippen molar-refractivity contribution in [2.75, 3.05) is 0 Å². The van der Waals surface area contributed by atoms with Gasteiger partial charge in [-0.1, -0.05) is 24.6 Å². The predicted octanol–water partition coefficient (Wildman–Crippen LogP) is 3.52. The van der Waals surface area contributed by atoms with E-state index in [1.54, 1.807) is 13.0 Å². The van der Waals surface area contributed by atoms with Gasteiger partial charge < -0.3 is 15.4 Å². The smallest absolute Gasteiger partial charge is 0.268 e. The number of carbonyl (C=O) groups is 2. The van der Waals surface area contributed by atoms with Crippen LogP contribution in [-0.4, -0.2) is 27.9 Å². The average Bonchev–Trinajstić information content (AvgIpc) is 2.94. The number of hydrogen-bond donors (Lipinski definition) is 3. The van der Waals surface area contributed by atoms with E-state index in [1.807, 2.05) is 19.1 Å². The van der Waals surface area contributed by atoms with E-state index in [0.29, 0.717) is 40.4 Å². The second-order valence-corrected chi connectivity index (χ2v) is 7.23. The molecule has 0 saturated carbocycles. The lowest BCUT2D eigenvalue weighted by Gasteiger charge is -2.31. The number of Topliss-reactive ketones (excluding diaryl/α,β-unsaturated/α-hetero) is 1. The van der Waals surface area contributed by atoms with Gasteiger partial charge in [-0.15, -0.1) is 0 Å². The number of ketones is 1. The molecule has 0 spiro atoms. The van der Waals surface area contributed by atoms with Crippen molar-refractivity contribution in [1.82, 2.24) is 10.3 Å². The maximum Gasteiger partial charge on any atom is 0.268 e. The highest BCUT2D eigenvalue weighted by molar-refractivity contribution is 6.30. The molecule has 0 fully saturated rings. The Morgan fingerprint density at radius 2 is 2.12 bits per heavy atom. The summed E-state index contributed by atoms with van der Waals surface area (Å²) < 4.78 is 0. The molecule has 1 aliphatic rings. The first kappa shape index (κ1) is 18.7. The summed E-state index contributed by atoms with van der Waals surface area (Å²) in [6.07, 6.45) is 1.20. The van der Waals surface area contributed by atoms with Crippen LogP contribution in [0.1, 0.15) is 69.5 Å². The largest absolute Gasteiger partial charge is 0.391 e. The number of benzene rings is 1. The van der Waals surface area contributed by atoms with Crippen LogP contribution in [0, 0.1) is 6.92 Å². The SMILES string of the molecule is CCc1c(C(=O)N[C@@H]2c3cc(Cl)ccc3CC[C@@H]2O)[nH]c(C)c1C(C)=O. The van der Waals surface area contributed by atoms with Gasteiger partial charge in [0.05, 0.1) is 12.1 Å². The molecule has 138 valence electrons.